The van der Waals surface area contributed by atoms with Crippen LogP contribution < -0.4 is 15.0 Å². The van der Waals surface area contributed by atoms with Crippen LogP contribution in [-0.4, -0.2) is 33.9 Å². The minimum atomic E-state index is -0.709. The largest absolute Gasteiger partial charge is 0.497 e. The number of benzene rings is 4. The summed E-state index contributed by atoms with van der Waals surface area (Å²) in [5.41, 5.74) is 1.32. The van der Waals surface area contributed by atoms with Crippen LogP contribution in [0.3, 0.4) is 0 Å². The molecular formula is C31H22N4O6. The Morgan fingerprint density at radius 3 is 2.44 bits per heavy atom. The normalized spacial score (nSPS) is 11.2. The highest BCUT2D eigenvalue weighted by Gasteiger charge is 2.15. The highest BCUT2D eigenvalue weighted by atomic mass is 16.6. The summed E-state index contributed by atoms with van der Waals surface area (Å²) in [5, 5.41) is 16.2. The van der Waals surface area contributed by atoms with E-state index in [2.05, 4.69) is 10.1 Å². The van der Waals surface area contributed by atoms with E-state index in [1.54, 1.807) is 73.8 Å². The van der Waals surface area contributed by atoms with Crippen LogP contribution >= 0.6 is 0 Å². The van der Waals surface area contributed by atoms with Gasteiger partial charge in [-0.2, -0.15) is 9.78 Å². The van der Waals surface area contributed by atoms with Crippen LogP contribution in [0.1, 0.15) is 11.1 Å². The Kier molecular flexibility index (Phi) is 7.73. The Morgan fingerprint density at radius 1 is 0.976 bits per heavy atom. The summed E-state index contributed by atoms with van der Waals surface area (Å²) in [4.78, 5) is 41.6. The Labute approximate surface area is 233 Å². The maximum absolute atomic E-state index is 13.4. The molecule has 5 aromatic rings. The minimum Gasteiger partial charge on any atom is -0.497 e. The van der Waals surface area contributed by atoms with Gasteiger partial charge in [0.1, 0.15) is 11.5 Å². The summed E-state index contributed by atoms with van der Waals surface area (Å²) in [6.45, 7) is 0. The van der Waals surface area contributed by atoms with Crippen LogP contribution in [0.2, 0.25) is 0 Å². The molecule has 0 aliphatic carbocycles. The average molecular weight is 547 g/mol. The maximum Gasteiger partial charge on any atom is 0.336 e. The molecule has 0 saturated carbocycles. The summed E-state index contributed by atoms with van der Waals surface area (Å²) >= 11 is 0. The predicted molar refractivity (Wildman–Crippen MR) is 155 cm³/mol. The van der Waals surface area contributed by atoms with Gasteiger partial charge in [-0.25, -0.2) is 9.78 Å². The van der Waals surface area contributed by atoms with E-state index >= 15 is 0 Å². The van der Waals surface area contributed by atoms with Crippen LogP contribution in [0.25, 0.3) is 28.4 Å². The molecule has 0 bridgehead atoms. The number of nitrogens with zero attached hydrogens (tertiary/aromatic N) is 4. The molecule has 0 unspecified atom stereocenters. The topological polar surface area (TPSA) is 126 Å². The molecular weight excluding hydrogens is 524 g/mol. The number of carbonyl (C=O) groups is 1. The summed E-state index contributed by atoms with van der Waals surface area (Å²) in [6, 6.07) is 26.7. The molecule has 1 aromatic heterocycles. The Balaban J connectivity index is 1.52. The van der Waals surface area contributed by atoms with E-state index in [0.717, 1.165) is 10.2 Å². The van der Waals surface area contributed by atoms with Crippen molar-refractivity contribution < 1.29 is 19.2 Å². The third-order valence-corrected chi connectivity index (χ3v) is 6.04. The van der Waals surface area contributed by atoms with Gasteiger partial charge in [-0.3, -0.25) is 14.9 Å². The molecule has 0 aliphatic heterocycles. The lowest BCUT2D eigenvalue weighted by Crippen LogP contribution is -2.20. The van der Waals surface area contributed by atoms with Crippen molar-refractivity contribution in [3.8, 4) is 22.9 Å². The van der Waals surface area contributed by atoms with E-state index in [9.17, 15) is 19.7 Å². The molecule has 5 rings (SSSR count). The first-order chi connectivity index (χ1) is 19.9. The van der Waals surface area contributed by atoms with Gasteiger partial charge in [0.2, 0.25) is 0 Å². The lowest BCUT2D eigenvalue weighted by atomic mass is 10.2. The van der Waals surface area contributed by atoms with Crippen LogP contribution in [0, 0.1) is 10.1 Å². The van der Waals surface area contributed by atoms with Crippen molar-refractivity contribution in [2.45, 2.75) is 0 Å². The zero-order valence-electron chi connectivity index (χ0n) is 21.7. The third-order valence-electron chi connectivity index (χ3n) is 6.04. The van der Waals surface area contributed by atoms with Crippen LogP contribution in [0.4, 0.5) is 5.69 Å². The summed E-state index contributed by atoms with van der Waals surface area (Å²) in [5.74, 6) is 0.262. The van der Waals surface area contributed by atoms with Crippen molar-refractivity contribution >= 4 is 34.9 Å². The zero-order valence-corrected chi connectivity index (χ0v) is 21.7. The molecule has 0 N–H and O–H groups in total. The number of nitro groups is 1. The number of hydrogen-bond donors (Lipinski definition) is 0. The second-order valence-corrected chi connectivity index (χ2v) is 8.69. The lowest BCUT2D eigenvalue weighted by Gasteiger charge is -2.10. The van der Waals surface area contributed by atoms with Crippen molar-refractivity contribution in [1.29, 1.82) is 0 Å². The van der Waals surface area contributed by atoms with Gasteiger partial charge in [-0.05, 0) is 42.0 Å². The molecule has 202 valence electrons. The number of fused-ring (bicyclic) bond motifs is 1. The summed E-state index contributed by atoms with van der Waals surface area (Å²) in [7, 11) is 1.56. The minimum absolute atomic E-state index is 0.0202. The number of methoxy groups -OCH3 is 1. The van der Waals surface area contributed by atoms with E-state index in [1.807, 2.05) is 18.2 Å². The van der Waals surface area contributed by atoms with Gasteiger partial charge in [0.15, 0.2) is 5.82 Å². The van der Waals surface area contributed by atoms with Gasteiger partial charge >= 0.3 is 5.97 Å². The number of esters is 1. The molecule has 0 atom stereocenters. The second kappa shape index (κ2) is 11.9. The van der Waals surface area contributed by atoms with Crippen molar-refractivity contribution in [1.82, 2.24) is 9.66 Å². The molecule has 4 aromatic carbocycles. The smallest absolute Gasteiger partial charge is 0.336 e. The van der Waals surface area contributed by atoms with Crippen LogP contribution in [-0.2, 0) is 4.79 Å². The fraction of sp³-hybridized carbons (Fsp3) is 0.0323. The highest BCUT2D eigenvalue weighted by Crippen LogP contribution is 2.24. The molecule has 0 spiro atoms. The average Bonchev–Trinajstić information content (AvgIpc) is 3.00. The van der Waals surface area contributed by atoms with Gasteiger partial charge in [0.25, 0.3) is 11.2 Å². The number of non-ortho nitro benzene ring substituents is 1. The van der Waals surface area contributed by atoms with Gasteiger partial charge in [0.05, 0.1) is 29.2 Å². The molecule has 10 heteroatoms. The molecule has 0 saturated heterocycles. The Bertz CT molecular complexity index is 1860. The number of ether oxygens (including phenoxy) is 2. The quantitative estimate of drug-likeness (QED) is 0.0630. The Morgan fingerprint density at radius 2 is 1.71 bits per heavy atom. The van der Waals surface area contributed by atoms with Crippen molar-refractivity contribution in [3.63, 3.8) is 0 Å². The van der Waals surface area contributed by atoms with Gasteiger partial charge in [-0.1, -0.05) is 54.6 Å². The van der Waals surface area contributed by atoms with E-state index < -0.39 is 16.5 Å². The van der Waals surface area contributed by atoms with Gasteiger partial charge in [-0.15, -0.1) is 0 Å². The van der Waals surface area contributed by atoms with E-state index in [4.69, 9.17) is 9.47 Å². The fourth-order valence-corrected chi connectivity index (χ4v) is 3.99. The standard InChI is InChI=1S/C31H22N4O6/c1-40-25-15-11-21(12-16-25)13-18-29(36)41-28-17-14-24(35(38)39)19-23(28)20-32-34-30(22-7-3-2-4-8-22)33-27-10-6-5-9-26(27)31(34)37/h2-20H,1H3/b18-13+,32-20?. The van der Waals surface area contributed by atoms with E-state index in [-0.39, 0.29) is 22.8 Å². The monoisotopic (exact) mass is 546 g/mol. The van der Waals surface area contributed by atoms with Crippen molar-refractivity contribution in [2.24, 2.45) is 5.10 Å². The number of rotatable bonds is 8. The van der Waals surface area contributed by atoms with E-state index in [1.165, 1.54) is 30.5 Å². The zero-order chi connectivity index (χ0) is 28.8. The second-order valence-electron chi connectivity index (χ2n) is 8.69. The molecule has 10 nitrogen and oxygen atoms in total. The Hall–Kier alpha value is -5.90. The number of hydrogen-bond acceptors (Lipinski definition) is 8. The molecule has 0 fully saturated rings. The van der Waals surface area contributed by atoms with Gasteiger partial charge in [0, 0.05) is 29.3 Å². The molecule has 1 heterocycles. The molecule has 0 aliphatic rings. The SMILES string of the molecule is COc1ccc(/C=C/C(=O)Oc2ccc([N+](=O)[O-])cc2C=Nn2c(-c3ccccc3)nc3ccccc3c2=O)cc1. The lowest BCUT2D eigenvalue weighted by molar-refractivity contribution is -0.384. The number of nitro benzene ring substituents is 1. The van der Waals surface area contributed by atoms with Gasteiger partial charge < -0.3 is 9.47 Å². The first kappa shape index (κ1) is 26.7. The molecule has 0 amide bonds. The van der Waals surface area contributed by atoms with Crippen LogP contribution in [0.5, 0.6) is 11.5 Å². The molecule has 41 heavy (non-hydrogen) atoms. The van der Waals surface area contributed by atoms with Crippen LogP contribution in [0.15, 0.2) is 113 Å². The highest BCUT2D eigenvalue weighted by molar-refractivity contribution is 5.92. The first-order valence-electron chi connectivity index (χ1n) is 12.4. The third kappa shape index (κ3) is 6.07. The first-order valence-corrected chi connectivity index (χ1v) is 12.4. The van der Waals surface area contributed by atoms with E-state index in [0.29, 0.717) is 22.2 Å². The van der Waals surface area contributed by atoms with Crippen molar-refractivity contribution in [3.05, 3.63) is 135 Å². The fourth-order valence-electron chi connectivity index (χ4n) is 3.99. The summed E-state index contributed by atoms with van der Waals surface area (Å²) < 4.78 is 11.7. The summed E-state index contributed by atoms with van der Waals surface area (Å²) in [6.07, 6.45) is 4.02. The maximum atomic E-state index is 13.4. The number of carbonyl (C=O) groups excluding carboxylic acids is 1. The molecule has 0 radical (unpaired) electrons. The van der Waals surface area contributed by atoms with Crippen molar-refractivity contribution in [2.75, 3.05) is 7.11 Å². The number of para-hydroxylation sites is 1. The predicted octanol–water partition coefficient (Wildman–Crippen LogP) is 5.48. The number of aromatic nitrogens is 2.